The molecule has 3 rings (SSSR count). The van der Waals surface area contributed by atoms with Crippen LogP contribution in [0.1, 0.15) is 19.8 Å². The summed E-state index contributed by atoms with van der Waals surface area (Å²) in [5.41, 5.74) is 0.903. The zero-order valence-corrected chi connectivity index (χ0v) is 12.6. The van der Waals surface area contributed by atoms with Gasteiger partial charge in [-0.25, -0.2) is 0 Å². The molecule has 7 heteroatoms. The third kappa shape index (κ3) is 2.93. The minimum absolute atomic E-state index is 0.116. The molecule has 2 aromatic rings. The number of nitrogens with zero attached hydrogens (tertiary/aromatic N) is 5. The molecule has 0 spiro atoms. The minimum atomic E-state index is -0.133. The summed E-state index contributed by atoms with van der Waals surface area (Å²) in [4.78, 5) is 14.0. The fraction of sp³-hybridized carbons (Fsp3) is 0.467. The smallest absolute Gasteiger partial charge is 0.310 e. The number of esters is 1. The summed E-state index contributed by atoms with van der Waals surface area (Å²) < 4.78 is 6.84. The molecule has 116 valence electrons. The molecule has 0 amide bonds. The van der Waals surface area contributed by atoms with Crippen LogP contribution in [0.4, 0.5) is 5.95 Å². The van der Waals surface area contributed by atoms with Gasteiger partial charge < -0.3 is 9.64 Å². The molecule has 1 aromatic carbocycles. The average Bonchev–Trinajstić information content (AvgIpc) is 3.06. The predicted molar refractivity (Wildman–Crippen MR) is 80.7 cm³/mol. The van der Waals surface area contributed by atoms with E-state index in [0.29, 0.717) is 19.1 Å². The molecule has 1 aliphatic rings. The number of anilines is 1. The number of tetrazole rings is 1. The van der Waals surface area contributed by atoms with E-state index in [2.05, 4.69) is 20.4 Å². The van der Waals surface area contributed by atoms with Crippen molar-refractivity contribution in [1.29, 1.82) is 0 Å². The normalized spacial score (nSPS) is 18.2. The van der Waals surface area contributed by atoms with Gasteiger partial charge in [0.2, 0.25) is 5.95 Å². The van der Waals surface area contributed by atoms with Crippen molar-refractivity contribution in [1.82, 2.24) is 20.2 Å². The number of piperidine rings is 1. The lowest BCUT2D eigenvalue weighted by Gasteiger charge is -2.31. The lowest BCUT2D eigenvalue weighted by atomic mass is 9.98. The van der Waals surface area contributed by atoms with Crippen LogP contribution in [0, 0.1) is 5.92 Å². The Hall–Kier alpha value is -2.44. The summed E-state index contributed by atoms with van der Waals surface area (Å²) >= 11 is 0. The first-order valence-corrected chi connectivity index (χ1v) is 7.55. The van der Waals surface area contributed by atoms with Gasteiger partial charge >= 0.3 is 5.97 Å². The summed E-state index contributed by atoms with van der Waals surface area (Å²) in [6, 6.07) is 9.74. The van der Waals surface area contributed by atoms with Crippen molar-refractivity contribution in [2.75, 3.05) is 24.6 Å². The maximum absolute atomic E-state index is 12.0. The molecule has 1 aliphatic heterocycles. The van der Waals surface area contributed by atoms with Gasteiger partial charge in [0.15, 0.2) is 0 Å². The van der Waals surface area contributed by atoms with Crippen molar-refractivity contribution in [2.24, 2.45) is 5.92 Å². The Bertz CT molecular complexity index is 628. The summed E-state index contributed by atoms with van der Waals surface area (Å²) in [7, 11) is 0. The number of aromatic nitrogens is 4. The van der Waals surface area contributed by atoms with E-state index in [0.717, 1.165) is 25.1 Å². The molecular formula is C15H19N5O2. The number of hydrogen-bond acceptors (Lipinski definition) is 6. The molecule has 1 fully saturated rings. The number of ether oxygens (including phenoxy) is 1. The summed E-state index contributed by atoms with van der Waals surface area (Å²) in [6.45, 7) is 3.67. The number of carbonyl (C=O) groups is 1. The average molecular weight is 301 g/mol. The summed E-state index contributed by atoms with van der Waals surface area (Å²) in [5, 5.41) is 12.0. The van der Waals surface area contributed by atoms with Crippen molar-refractivity contribution in [2.45, 2.75) is 19.8 Å². The highest BCUT2D eigenvalue weighted by Crippen LogP contribution is 2.23. The molecule has 2 heterocycles. The summed E-state index contributed by atoms with van der Waals surface area (Å²) in [5.74, 6) is 0.417. The number of rotatable bonds is 4. The first-order valence-electron chi connectivity index (χ1n) is 7.55. The topological polar surface area (TPSA) is 73.1 Å². The standard InChI is InChI=1S/C15H19N5O2/c1-2-22-14(21)12-7-6-10-19(11-12)15-16-17-18-20(15)13-8-4-3-5-9-13/h3-5,8-9,12H,2,6-7,10-11H2,1H3/t12-/m1/s1. The third-order valence-corrected chi connectivity index (χ3v) is 3.78. The quantitative estimate of drug-likeness (QED) is 0.796. The lowest BCUT2D eigenvalue weighted by Crippen LogP contribution is -2.40. The highest BCUT2D eigenvalue weighted by Gasteiger charge is 2.29. The molecule has 22 heavy (non-hydrogen) atoms. The first kappa shape index (κ1) is 14.5. The van der Waals surface area contributed by atoms with E-state index in [1.165, 1.54) is 0 Å². The second-order valence-corrected chi connectivity index (χ2v) is 5.26. The highest BCUT2D eigenvalue weighted by molar-refractivity contribution is 5.73. The van der Waals surface area contributed by atoms with E-state index in [1.807, 2.05) is 37.3 Å². The number of carbonyl (C=O) groups excluding carboxylic acids is 1. The zero-order chi connectivity index (χ0) is 15.4. The Kier molecular flexibility index (Phi) is 4.32. The van der Waals surface area contributed by atoms with Gasteiger partial charge in [-0.15, -0.1) is 0 Å². The van der Waals surface area contributed by atoms with Gasteiger partial charge in [-0.1, -0.05) is 23.3 Å². The monoisotopic (exact) mass is 301 g/mol. The van der Waals surface area contributed by atoms with Crippen LogP contribution in [0.25, 0.3) is 5.69 Å². The fourth-order valence-corrected chi connectivity index (χ4v) is 2.73. The van der Waals surface area contributed by atoms with Crippen molar-refractivity contribution in [3.8, 4) is 5.69 Å². The molecule has 1 atom stereocenters. The molecule has 0 aliphatic carbocycles. The number of para-hydroxylation sites is 1. The van der Waals surface area contributed by atoms with Gasteiger partial charge in [-0.3, -0.25) is 4.79 Å². The van der Waals surface area contributed by atoms with Gasteiger partial charge in [0.25, 0.3) is 0 Å². The molecule has 0 unspecified atom stereocenters. The highest BCUT2D eigenvalue weighted by atomic mass is 16.5. The Balaban J connectivity index is 1.80. The van der Waals surface area contributed by atoms with Crippen molar-refractivity contribution >= 4 is 11.9 Å². The largest absolute Gasteiger partial charge is 0.466 e. The fourth-order valence-electron chi connectivity index (χ4n) is 2.73. The Morgan fingerprint density at radius 1 is 1.36 bits per heavy atom. The Morgan fingerprint density at radius 3 is 2.95 bits per heavy atom. The zero-order valence-electron chi connectivity index (χ0n) is 12.6. The van der Waals surface area contributed by atoms with E-state index < -0.39 is 0 Å². The molecule has 1 saturated heterocycles. The molecule has 0 bridgehead atoms. The van der Waals surface area contributed by atoms with E-state index >= 15 is 0 Å². The van der Waals surface area contributed by atoms with Gasteiger partial charge in [-0.2, -0.15) is 4.68 Å². The predicted octanol–water partition coefficient (Wildman–Crippen LogP) is 1.44. The van der Waals surface area contributed by atoms with Gasteiger partial charge in [0.1, 0.15) is 0 Å². The van der Waals surface area contributed by atoms with Crippen molar-refractivity contribution in [3.05, 3.63) is 30.3 Å². The number of hydrogen-bond donors (Lipinski definition) is 0. The van der Waals surface area contributed by atoms with Crippen LogP contribution in [-0.4, -0.2) is 45.9 Å². The van der Waals surface area contributed by atoms with E-state index in [9.17, 15) is 4.79 Å². The third-order valence-electron chi connectivity index (χ3n) is 3.78. The molecule has 0 N–H and O–H groups in total. The maximum Gasteiger partial charge on any atom is 0.310 e. The van der Waals surface area contributed by atoms with Gasteiger partial charge in [-0.05, 0) is 42.3 Å². The van der Waals surface area contributed by atoms with Crippen molar-refractivity contribution in [3.63, 3.8) is 0 Å². The van der Waals surface area contributed by atoms with Crippen LogP contribution in [0.15, 0.2) is 30.3 Å². The molecule has 1 aromatic heterocycles. The van der Waals surface area contributed by atoms with Crippen LogP contribution in [0.5, 0.6) is 0 Å². The Labute approximate surface area is 128 Å². The van der Waals surface area contributed by atoms with Gasteiger partial charge in [0, 0.05) is 13.1 Å². The second-order valence-electron chi connectivity index (χ2n) is 5.26. The van der Waals surface area contributed by atoms with Crippen LogP contribution in [0.3, 0.4) is 0 Å². The molecule has 0 saturated carbocycles. The van der Waals surface area contributed by atoms with Crippen LogP contribution >= 0.6 is 0 Å². The molecular weight excluding hydrogens is 282 g/mol. The van der Waals surface area contributed by atoms with E-state index in [4.69, 9.17) is 4.74 Å². The summed E-state index contributed by atoms with van der Waals surface area (Å²) in [6.07, 6.45) is 1.77. The van der Waals surface area contributed by atoms with Crippen LogP contribution < -0.4 is 4.90 Å². The minimum Gasteiger partial charge on any atom is -0.466 e. The SMILES string of the molecule is CCOC(=O)[C@@H]1CCCN(c2nnnn2-c2ccccc2)C1. The van der Waals surface area contributed by atoms with Crippen LogP contribution in [0.2, 0.25) is 0 Å². The van der Waals surface area contributed by atoms with E-state index in [-0.39, 0.29) is 11.9 Å². The van der Waals surface area contributed by atoms with Crippen molar-refractivity contribution < 1.29 is 9.53 Å². The maximum atomic E-state index is 12.0. The first-order chi connectivity index (χ1) is 10.8. The molecule has 7 nitrogen and oxygen atoms in total. The number of benzene rings is 1. The lowest BCUT2D eigenvalue weighted by molar-refractivity contribution is -0.148. The molecule has 0 radical (unpaired) electrons. The van der Waals surface area contributed by atoms with Crippen LogP contribution in [-0.2, 0) is 9.53 Å². The second kappa shape index (κ2) is 6.55. The Morgan fingerprint density at radius 2 is 2.18 bits per heavy atom. The van der Waals surface area contributed by atoms with Gasteiger partial charge in [0.05, 0.1) is 18.2 Å². The van der Waals surface area contributed by atoms with E-state index in [1.54, 1.807) is 4.68 Å².